The highest BCUT2D eigenvalue weighted by Gasteiger charge is 2.21. The van der Waals surface area contributed by atoms with Gasteiger partial charge in [-0.1, -0.05) is 59.8 Å². The largest absolute Gasteiger partial charge is 0.485 e. The number of carbonyl (C=O) groups excluding carboxylic acids is 1. The van der Waals surface area contributed by atoms with Crippen molar-refractivity contribution >= 4 is 34.1 Å². The average Bonchev–Trinajstić information content (AvgIpc) is 3.41. The number of carbonyl (C=O) groups is 1. The molecule has 0 aliphatic rings. The van der Waals surface area contributed by atoms with Gasteiger partial charge in [0.05, 0.1) is 10.9 Å². The molecular weight excluding hydrogens is 456 g/mol. The highest BCUT2D eigenvalue weighted by molar-refractivity contribution is 8.00. The minimum absolute atomic E-state index is 0.177. The van der Waals surface area contributed by atoms with Crippen molar-refractivity contribution in [3.8, 4) is 17.0 Å². The van der Waals surface area contributed by atoms with Gasteiger partial charge in [0.15, 0.2) is 11.0 Å². The number of ether oxygens (including phenoxy) is 1. The smallest absolute Gasteiger partial charge is 0.239 e. The lowest BCUT2D eigenvalue weighted by Crippen LogP contribution is -2.24. The first-order valence-electron chi connectivity index (χ1n) is 10.3. The summed E-state index contributed by atoms with van der Waals surface area (Å²) in [7, 11) is 0. The van der Waals surface area contributed by atoms with Gasteiger partial charge in [-0.05, 0) is 32.4 Å². The van der Waals surface area contributed by atoms with Gasteiger partial charge in [-0.25, -0.2) is 9.66 Å². The summed E-state index contributed by atoms with van der Waals surface area (Å²) in [6.07, 6.45) is 0. The quantitative estimate of drug-likeness (QED) is 0.284. The van der Waals surface area contributed by atoms with E-state index in [9.17, 15) is 4.79 Å². The fourth-order valence-corrected chi connectivity index (χ4v) is 4.59. The van der Waals surface area contributed by atoms with E-state index in [0.29, 0.717) is 16.1 Å². The van der Waals surface area contributed by atoms with Crippen molar-refractivity contribution in [2.24, 2.45) is 0 Å². The van der Waals surface area contributed by atoms with Gasteiger partial charge in [0, 0.05) is 10.9 Å². The van der Waals surface area contributed by atoms with Gasteiger partial charge in [0.1, 0.15) is 12.4 Å². The second-order valence-corrected chi connectivity index (χ2v) is 9.65. The highest BCUT2D eigenvalue weighted by atomic mass is 32.2. The minimum atomic E-state index is -0.450. The summed E-state index contributed by atoms with van der Waals surface area (Å²) >= 11 is 2.61. The molecule has 0 radical (unpaired) electrons. The van der Waals surface area contributed by atoms with Crippen LogP contribution in [0.3, 0.4) is 0 Å². The molecule has 1 amide bonds. The lowest BCUT2D eigenvalue weighted by Gasteiger charge is -2.11. The Kier molecular flexibility index (Phi) is 6.95. The number of rotatable bonds is 8. The highest BCUT2D eigenvalue weighted by Crippen LogP contribution is 2.27. The van der Waals surface area contributed by atoms with Gasteiger partial charge in [-0.2, -0.15) is 0 Å². The van der Waals surface area contributed by atoms with E-state index in [1.54, 1.807) is 6.92 Å². The summed E-state index contributed by atoms with van der Waals surface area (Å²) in [6, 6.07) is 15.8. The molecule has 0 bridgehead atoms. The maximum atomic E-state index is 12.7. The number of hydrogen-bond donors (Lipinski definition) is 2. The zero-order valence-corrected chi connectivity index (χ0v) is 20.1. The predicted octanol–water partition coefficient (Wildman–Crippen LogP) is 4.43. The van der Waals surface area contributed by atoms with E-state index >= 15 is 0 Å². The first-order valence-corrected chi connectivity index (χ1v) is 12.0. The molecule has 4 rings (SSSR count). The Balaban J connectivity index is 1.34. The number of nitrogen functional groups attached to an aromatic ring is 1. The number of amides is 1. The van der Waals surface area contributed by atoms with E-state index in [-0.39, 0.29) is 12.5 Å². The number of anilines is 1. The van der Waals surface area contributed by atoms with Crippen molar-refractivity contribution in [3.05, 3.63) is 70.9 Å². The average molecular weight is 481 g/mol. The Labute approximate surface area is 200 Å². The van der Waals surface area contributed by atoms with Crippen LogP contribution in [0.1, 0.15) is 23.9 Å². The molecule has 8 nitrogen and oxygen atoms in total. The maximum absolute atomic E-state index is 12.7. The van der Waals surface area contributed by atoms with Crippen LogP contribution < -0.4 is 15.9 Å². The standard InChI is InChI=1S/C23H24N6O2S2/c1-14-9-10-19(15(2)11-14)31-12-20-27-28-23(29(20)24)33-16(3)21(30)26-22-25-18(13-32-22)17-7-5-4-6-8-17/h4-11,13,16H,12,24H2,1-3H3,(H,25,26,30)/t16-/m1/s1. The first kappa shape index (κ1) is 22.8. The van der Waals surface area contributed by atoms with Crippen LogP contribution in [-0.2, 0) is 11.4 Å². The Bertz CT molecular complexity index is 1260. The summed E-state index contributed by atoms with van der Waals surface area (Å²) in [6.45, 7) is 5.98. The molecule has 0 unspecified atom stereocenters. The van der Waals surface area contributed by atoms with Crippen LogP contribution in [0, 0.1) is 13.8 Å². The molecule has 3 N–H and O–H groups in total. The number of nitrogens with one attached hydrogen (secondary N) is 1. The van der Waals surface area contributed by atoms with Crippen LogP contribution in [0.2, 0.25) is 0 Å². The topological polar surface area (TPSA) is 108 Å². The number of thiazole rings is 1. The molecular formula is C23H24N6O2S2. The minimum Gasteiger partial charge on any atom is -0.485 e. The molecule has 0 fully saturated rings. The molecule has 1 atom stereocenters. The zero-order chi connectivity index (χ0) is 23.4. The third kappa shape index (κ3) is 5.52. The molecule has 170 valence electrons. The fraction of sp³-hybridized carbons (Fsp3) is 0.217. The molecule has 0 saturated heterocycles. The van der Waals surface area contributed by atoms with Gasteiger partial charge in [0.25, 0.3) is 0 Å². The third-order valence-corrected chi connectivity index (χ3v) is 6.69. The number of benzene rings is 2. The van der Waals surface area contributed by atoms with Crippen LogP contribution in [0.4, 0.5) is 5.13 Å². The molecule has 10 heteroatoms. The number of aromatic nitrogens is 4. The van der Waals surface area contributed by atoms with Crippen LogP contribution in [0.15, 0.2) is 59.1 Å². The SMILES string of the molecule is Cc1ccc(OCc2nnc(S[C@H](C)C(=O)Nc3nc(-c4ccccc4)cs3)n2N)c(C)c1. The second kappa shape index (κ2) is 10.1. The Morgan fingerprint density at radius 2 is 2.00 bits per heavy atom. The third-order valence-electron chi connectivity index (χ3n) is 4.88. The van der Waals surface area contributed by atoms with Crippen molar-refractivity contribution in [2.45, 2.75) is 37.8 Å². The first-order chi connectivity index (χ1) is 15.9. The lowest BCUT2D eigenvalue weighted by atomic mass is 10.1. The predicted molar refractivity (Wildman–Crippen MR) is 132 cm³/mol. The van der Waals surface area contributed by atoms with Crippen molar-refractivity contribution in [1.82, 2.24) is 19.9 Å². The molecule has 0 aliphatic heterocycles. The van der Waals surface area contributed by atoms with Gasteiger partial charge in [-0.15, -0.1) is 21.5 Å². The van der Waals surface area contributed by atoms with Crippen LogP contribution in [-0.4, -0.2) is 31.0 Å². The molecule has 4 aromatic rings. The van der Waals surface area contributed by atoms with Gasteiger partial charge < -0.3 is 15.9 Å². The van der Waals surface area contributed by atoms with Crippen LogP contribution in [0.5, 0.6) is 5.75 Å². The number of nitrogens with zero attached hydrogens (tertiary/aromatic N) is 4. The van der Waals surface area contributed by atoms with E-state index < -0.39 is 5.25 Å². The monoisotopic (exact) mass is 480 g/mol. The summed E-state index contributed by atoms with van der Waals surface area (Å²) < 4.78 is 7.20. The van der Waals surface area contributed by atoms with Crippen molar-refractivity contribution in [2.75, 3.05) is 11.2 Å². The summed E-state index contributed by atoms with van der Waals surface area (Å²) in [5.74, 6) is 7.19. The summed E-state index contributed by atoms with van der Waals surface area (Å²) in [5.41, 5.74) is 4.03. The summed E-state index contributed by atoms with van der Waals surface area (Å²) in [5, 5.41) is 13.5. The van der Waals surface area contributed by atoms with E-state index in [1.807, 2.05) is 61.7 Å². The van der Waals surface area contributed by atoms with Gasteiger partial charge in [0.2, 0.25) is 11.1 Å². The van der Waals surface area contributed by atoms with Crippen LogP contribution in [0.25, 0.3) is 11.3 Å². The van der Waals surface area contributed by atoms with Crippen molar-refractivity contribution in [1.29, 1.82) is 0 Å². The van der Waals surface area contributed by atoms with Gasteiger partial charge in [-0.3, -0.25) is 4.79 Å². The van der Waals surface area contributed by atoms with E-state index in [4.69, 9.17) is 10.6 Å². The maximum Gasteiger partial charge on any atom is 0.239 e. The number of thioether (sulfide) groups is 1. The molecule has 2 aromatic carbocycles. The van der Waals surface area contributed by atoms with Gasteiger partial charge >= 0.3 is 0 Å². The second-order valence-electron chi connectivity index (χ2n) is 7.48. The zero-order valence-electron chi connectivity index (χ0n) is 18.5. The molecule has 2 heterocycles. The Hall–Kier alpha value is -3.37. The molecule has 0 saturated carbocycles. The molecule has 0 aliphatic carbocycles. The number of aryl methyl sites for hydroxylation is 2. The van der Waals surface area contributed by atoms with Crippen LogP contribution >= 0.6 is 23.1 Å². The van der Waals surface area contributed by atoms with E-state index in [2.05, 4.69) is 26.6 Å². The fourth-order valence-electron chi connectivity index (χ4n) is 3.08. The molecule has 33 heavy (non-hydrogen) atoms. The van der Waals surface area contributed by atoms with Crippen molar-refractivity contribution in [3.63, 3.8) is 0 Å². The lowest BCUT2D eigenvalue weighted by molar-refractivity contribution is -0.115. The molecule has 2 aromatic heterocycles. The normalized spacial score (nSPS) is 11.8. The molecule has 0 spiro atoms. The van der Waals surface area contributed by atoms with E-state index in [1.165, 1.54) is 33.3 Å². The van der Waals surface area contributed by atoms with Crippen molar-refractivity contribution < 1.29 is 9.53 Å². The Morgan fingerprint density at radius 3 is 2.76 bits per heavy atom. The summed E-state index contributed by atoms with van der Waals surface area (Å²) in [4.78, 5) is 17.2. The number of nitrogens with two attached hydrogens (primary N) is 1. The number of hydrogen-bond acceptors (Lipinski definition) is 8. The Morgan fingerprint density at radius 1 is 1.21 bits per heavy atom. The van der Waals surface area contributed by atoms with E-state index in [0.717, 1.165) is 22.6 Å².